The molecule has 1 rings (SSSR count). The van der Waals surface area contributed by atoms with Crippen LogP contribution >= 0.6 is 0 Å². The van der Waals surface area contributed by atoms with Gasteiger partial charge in [0, 0.05) is 24.6 Å². The van der Waals surface area contributed by atoms with Crippen LogP contribution in [0.1, 0.15) is 30.6 Å². The minimum Gasteiger partial charge on any atom is -0.293 e. The maximum absolute atomic E-state index is 13.1. The predicted octanol–water partition coefficient (Wildman–Crippen LogP) is 2.77. The van der Waals surface area contributed by atoms with Gasteiger partial charge in [0.1, 0.15) is 0 Å². The van der Waals surface area contributed by atoms with E-state index in [4.69, 9.17) is 5.26 Å². The Bertz CT molecular complexity index is 495. The molecule has 102 valence electrons. The van der Waals surface area contributed by atoms with Crippen molar-refractivity contribution in [1.29, 1.82) is 5.26 Å². The molecule has 3 nitrogen and oxygen atoms in total. The normalized spacial score (nSPS) is 10.8. The van der Waals surface area contributed by atoms with Gasteiger partial charge in [-0.05, 0) is 32.0 Å². The Morgan fingerprint density at radius 3 is 2.58 bits per heavy atom. The van der Waals surface area contributed by atoms with E-state index in [-0.39, 0.29) is 23.9 Å². The quantitative estimate of drug-likeness (QED) is 0.744. The molecule has 0 spiro atoms. The van der Waals surface area contributed by atoms with Crippen LogP contribution in [0.5, 0.6) is 0 Å². The van der Waals surface area contributed by atoms with Gasteiger partial charge in [-0.3, -0.25) is 9.69 Å². The number of rotatable bonds is 6. The summed E-state index contributed by atoms with van der Waals surface area (Å²) < 4.78 is 25.8. The minimum absolute atomic E-state index is 0.0877. The first-order chi connectivity index (χ1) is 8.95. The molecule has 0 aromatic heterocycles. The van der Waals surface area contributed by atoms with Gasteiger partial charge in [0.2, 0.25) is 0 Å². The molecule has 19 heavy (non-hydrogen) atoms. The lowest BCUT2D eigenvalue weighted by atomic mass is 10.1. The van der Waals surface area contributed by atoms with E-state index in [0.29, 0.717) is 13.0 Å². The molecule has 0 amide bonds. The number of Topliss-reactive ketones (excluding diaryl/α,β-unsaturated/α-hetero) is 1. The summed E-state index contributed by atoms with van der Waals surface area (Å²) in [5.41, 5.74) is 0.140. The molecule has 0 aliphatic carbocycles. The van der Waals surface area contributed by atoms with E-state index in [2.05, 4.69) is 0 Å². The molecule has 0 saturated heterocycles. The van der Waals surface area contributed by atoms with Gasteiger partial charge < -0.3 is 0 Å². The summed E-state index contributed by atoms with van der Waals surface area (Å²) >= 11 is 0. The van der Waals surface area contributed by atoms with Crippen LogP contribution in [0, 0.1) is 23.0 Å². The summed E-state index contributed by atoms with van der Waals surface area (Å²) in [6.45, 7) is 4.39. The summed E-state index contributed by atoms with van der Waals surface area (Å²) in [5.74, 6) is -2.29. The fraction of sp³-hybridized carbons (Fsp3) is 0.429. The average Bonchev–Trinajstić information content (AvgIpc) is 2.37. The zero-order valence-electron chi connectivity index (χ0n) is 11.0. The van der Waals surface area contributed by atoms with Crippen LogP contribution in [-0.4, -0.2) is 29.8 Å². The topological polar surface area (TPSA) is 44.1 Å². The second-order valence-corrected chi connectivity index (χ2v) is 4.52. The monoisotopic (exact) mass is 266 g/mol. The van der Waals surface area contributed by atoms with Gasteiger partial charge in [0.05, 0.1) is 12.6 Å². The fourth-order valence-corrected chi connectivity index (χ4v) is 1.66. The van der Waals surface area contributed by atoms with Crippen molar-refractivity contribution < 1.29 is 13.6 Å². The predicted molar refractivity (Wildman–Crippen MR) is 67.6 cm³/mol. The summed E-state index contributed by atoms with van der Waals surface area (Å²) in [7, 11) is 0. The maximum Gasteiger partial charge on any atom is 0.176 e. The van der Waals surface area contributed by atoms with Crippen molar-refractivity contribution in [3.63, 3.8) is 0 Å². The van der Waals surface area contributed by atoms with Crippen LogP contribution in [0.15, 0.2) is 18.2 Å². The van der Waals surface area contributed by atoms with Crippen molar-refractivity contribution in [3.8, 4) is 6.07 Å². The second kappa shape index (κ2) is 6.95. The molecule has 0 radical (unpaired) electrons. The van der Waals surface area contributed by atoms with Gasteiger partial charge in [-0.15, -0.1) is 0 Å². The first-order valence-corrected chi connectivity index (χ1v) is 6.05. The summed E-state index contributed by atoms with van der Waals surface area (Å²) in [4.78, 5) is 13.8. The Balaban J connectivity index is 2.76. The molecule has 0 atom stereocenters. The highest BCUT2D eigenvalue weighted by Crippen LogP contribution is 2.11. The third kappa shape index (κ3) is 4.42. The van der Waals surface area contributed by atoms with Crippen molar-refractivity contribution in [2.24, 2.45) is 0 Å². The van der Waals surface area contributed by atoms with E-state index >= 15 is 0 Å². The summed E-state index contributed by atoms with van der Waals surface area (Å²) in [5, 5.41) is 8.56. The summed E-state index contributed by atoms with van der Waals surface area (Å²) in [6.07, 6.45) is 0.323. The Labute approximate surface area is 111 Å². The number of carbonyl (C=O) groups excluding carboxylic acids is 1. The maximum atomic E-state index is 13.1. The first kappa shape index (κ1) is 15.3. The molecule has 5 heteroatoms. The molecular formula is C14H16F2N2O. The molecule has 0 N–H and O–H groups in total. The lowest BCUT2D eigenvalue weighted by Crippen LogP contribution is -2.36. The number of hydrogen-bond donors (Lipinski definition) is 0. The second-order valence-electron chi connectivity index (χ2n) is 4.52. The largest absolute Gasteiger partial charge is 0.293 e. The van der Waals surface area contributed by atoms with E-state index < -0.39 is 11.6 Å². The van der Waals surface area contributed by atoms with Crippen molar-refractivity contribution in [2.45, 2.75) is 26.3 Å². The molecule has 0 bridgehead atoms. The van der Waals surface area contributed by atoms with Crippen LogP contribution in [0.4, 0.5) is 8.78 Å². The Morgan fingerprint density at radius 2 is 2.05 bits per heavy atom. The van der Waals surface area contributed by atoms with E-state index in [1.807, 2.05) is 24.8 Å². The van der Waals surface area contributed by atoms with Gasteiger partial charge in [-0.1, -0.05) is 0 Å². The number of nitriles is 1. The number of nitrogens with zero attached hydrogens (tertiary/aromatic N) is 2. The van der Waals surface area contributed by atoms with Crippen molar-refractivity contribution in [1.82, 2.24) is 4.90 Å². The van der Waals surface area contributed by atoms with Gasteiger partial charge in [-0.25, -0.2) is 8.78 Å². The molecule has 1 aromatic rings. The molecule has 0 fully saturated rings. The van der Waals surface area contributed by atoms with Crippen LogP contribution in [0.3, 0.4) is 0 Å². The number of hydrogen-bond acceptors (Lipinski definition) is 3. The van der Waals surface area contributed by atoms with Crippen LogP contribution in [0.2, 0.25) is 0 Å². The lowest BCUT2D eigenvalue weighted by Gasteiger charge is -2.24. The van der Waals surface area contributed by atoms with Crippen LogP contribution in [-0.2, 0) is 0 Å². The van der Waals surface area contributed by atoms with Crippen LogP contribution in [0.25, 0.3) is 0 Å². The number of carbonyl (C=O) groups is 1. The van der Waals surface area contributed by atoms with Crippen LogP contribution < -0.4 is 0 Å². The highest BCUT2D eigenvalue weighted by molar-refractivity contribution is 5.97. The van der Waals surface area contributed by atoms with Gasteiger partial charge in [0.25, 0.3) is 0 Å². The number of halogens is 2. The fourth-order valence-electron chi connectivity index (χ4n) is 1.66. The highest BCUT2D eigenvalue weighted by Gasteiger charge is 2.16. The molecular weight excluding hydrogens is 250 g/mol. The van der Waals surface area contributed by atoms with Gasteiger partial charge in [0.15, 0.2) is 17.4 Å². The Morgan fingerprint density at radius 1 is 1.37 bits per heavy atom. The van der Waals surface area contributed by atoms with Crippen molar-refractivity contribution in [2.75, 3.05) is 13.1 Å². The molecule has 0 unspecified atom stereocenters. The van der Waals surface area contributed by atoms with E-state index in [1.165, 1.54) is 6.07 Å². The Hall–Kier alpha value is -1.80. The molecule has 0 saturated carbocycles. The molecule has 0 aliphatic heterocycles. The Kier molecular flexibility index (Phi) is 5.58. The van der Waals surface area contributed by atoms with Gasteiger partial charge in [-0.2, -0.15) is 5.26 Å². The summed E-state index contributed by atoms with van der Waals surface area (Å²) in [6, 6.07) is 5.23. The molecule has 0 heterocycles. The molecule has 0 aliphatic rings. The van der Waals surface area contributed by atoms with E-state index in [1.54, 1.807) is 0 Å². The smallest absolute Gasteiger partial charge is 0.176 e. The molecule has 1 aromatic carbocycles. The van der Waals surface area contributed by atoms with Crippen molar-refractivity contribution >= 4 is 5.78 Å². The number of ketones is 1. The third-order valence-corrected chi connectivity index (χ3v) is 2.83. The zero-order valence-corrected chi connectivity index (χ0v) is 11.0. The van der Waals surface area contributed by atoms with E-state index in [9.17, 15) is 13.6 Å². The highest BCUT2D eigenvalue weighted by atomic mass is 19.2. The van der Waals surface area contributed by atoms with Crippen molar-refractivity contribution in [3.05, 3.63) is 35.4 Å². The SMILES string of the molecule is CC(C)N(CCC#N)CC(=O)c1ccc(F)c(F)c1. The third-order valence-electron chi connectivity index (χ3n) is 2.83. The number of benzene rings is 1. The average molecular weight is 266 g/mol. The van der Waals surface area contributed by atoms with E-state index in [0.717, 1.165) is 12.1 Å². The standard InChI is InChI=1S/C14H16F2N2O/c1-10(2)18(7-3-6-17)9-14(19)11-4-5-12(15)13(16)8-11/h4-5,8,10H,3,7,9H2,1-2H3. The lowest BCUT2D eigenvalue weighted by molar-refractivity contribution is 0.0907. The van der Waals surface area contributed by atoms with Gasteiger partial charge >= 0.3 is 0 Å². The zero-order chi connectivity index (χ0) is 14.4. The minimum atomic E-state index is -1.03. The first-order valence-electron chi connectivity index (χ1n) is 6.05.